The molecule has 0 bridgehead atoms. The molecule has 678 valence electrons. The van der Waals surface area contributed by atoms with Gasteiger partial charge in [-0.25, -0.2) is 14.3 Å². The van der Waals surface area contributed by atoms with Crippen LogP contribution in [-0.4, -0.2) is 315 Å². The van der Waals surface area contributed by atoms with Crippen LogP contribution in [0.2, 0.25) is 0 Å². The number of nitrogens with zero attached hydrogens (tertiary/aromatic N) is 9. The monoisotopic (exact) mass is 1660 g/mol. The molecular weight excluding hydrogens is 1490 g/mol. The zero-order valence-corrected chi connectivity index (χ0v) is 77.9. The highest BCUT2D eigenvalue weighted by atomic mass is 19.1. The number of piperidine rings is 7. The average Bonchev–Trinajstić information content (AvgIpc) is 1.31. The predicted molar refractivity (Wildman–Crippen MR) is 468 cm³/mol. The molecule has 0 aromatic heterocycles. The molecule has 8 aliphatic rings. The second kappa shape index (κ2) is 57.3. The third-order valence-corrected chi connectivity index (χ3v) is 24.8. The lowest BCUT2D eigenvalue weighted by atomic mass is 9.85. The summed E-state index contributed by atoms with van der Waals surface area (Å²) in [6.45, 7) is 58.8. The van der Waals surface area contributed by atoms with Crippen molar-refractivity contribution in [2.24, 2.45) is 47.3 Å². The Morgan fingerprint density at radius 2 is 0.701 bits per heavy atom. The zero-order chi connectivity index (χ0) is 87.6. The Kier molecular flexibility index (Phi) is 52.5. The Balaban J connectivity index is 0.000000354. The summed E-state index contributed by atoms with van der Waals surface area (Å²) in [6.07, 6.45) is 16.8. The molecule has 0 radical (unpaired) electrons. The van der Waals surface area contributed by atoms with Crippen molar-refractivity contribution in [2.75, 3.05) is 166 Å². The summed E-state index contributed by atoms with van der Waals surface area (Å²) in [7, 11) is 5.27. The molecule has 1 aliphatic carbocycles. The van der Waals surface area contributed by atoms with Gasteiger partial charge in [-0.05, 0) is 355 Å². The van der Waals surface area contributed by atoms with Gasteiger partial charge in [-0.1, -0.05) is 19.1 Å². The van der Waals surface area contributed by atoms with Crippen LogP contribution in [0.25, 0.3) is 0 Å². The largest absolute Gasteiger partial charge is 0.394 e. The summed E-state index contributed by atoms with van der Waals surface area (Å²) in [5, 5.41) is 18.7. The third-order valence-electron chi connectivity index (χ3n) is 24.8. The number of likely N-dealkylation sites (tertiary alicyclic amines) is 7. The van der Waals surface area contributed by atoms with Crippen LogP contribution >= 0.6 is 0 Å². The second-order valence-corrected chi connectivity index (χ2v) is 37.6. The molecular formula is C93H170FN9O14. The van der Waals surface area contributed by atoms with Gasteiger partial charge >= 0.3 is 0 Å². The lowest BCUT2D eigenvalue weighted by Gasteiger charge is -2.36. The number of benzene rings is 1. The van der Waals surface area contributed by atoms with Crippen molar-refractivity contribution in [1.29, 1.82) is 0 Å². The Morgan fingerprint density at radius 1 is 0.410 bits per heavy atom. The molecule has 0 spiro atoms. The molecule has 24 heteroatoms. The maximum absolute atomic E-state index is 12.9. The summed E-state index contributed by atoms with van der Waals surface area (Å²) in [4.78, 5) is 107. The lowest BCUT2D eigenvalue weighted by molar-refractivity contribution is -0.229. The van der Waals surface area contributed by atoms with E-state index in [1.54, 1.807) is 24.1 Å². The fourth-order valence-corrected chi connectivity index (χ4v) is 16.2. The number of ether oxygens (including phenoxy) is 4. The number of methoxy groups -OCH3 is 1. The molecule has 8 fully saturated rings. The first kappa shape index (κ1) is 107. The molecule has 7 saturated heterocycles. The van der Waals surface area contributed by atoms with E-state index in [0.717, 1.165) is 200 Å². The van der Waals surface area contributed by atoms with E-state index in [0.29, 0.717) is 72.8 Å². The highest BCUT2D eigenvalue weighted by Gasteiger charge is 2.35. The van der Waals surface area contributed by atoms with Gasteiger partial charge in [-0.3, -0.25) is 33.6 Å². The number of Topliss-reactive ketones (excluding diaryl/α,β-unsaturated/α-hetero) is 5. The highest BCUT2D eigenvalue weighted by Crippen LogP contribution is 2.31. The Labute approximate surface area is 709 Å². The fraction of sp³-hybridized carbons (Fsp3) is 0.860. The average molecular weight is 1660 g/mol. The Hall–Kier alpha value is -4.12. The van der Waals surface area contributed by atoms with E-state index in [9.17, 15) is 38.0 Å². The lowest BCUT2D eigenvalue weighted by Crippen LogP contribution is -2.46. The van der Waals surface area contributed by atoms with Gasteiger partial charge in [0.25, 0.3) is 0 Å². The van der Waals surface area contributed by atoms with Crippen LogP contribution in [0.5, 0.6) is 0 Å². The van der Waals surface area contributed by atoms with Crippen molar-refractivity contribution in [1.82, 2.24) is 44.3 Å². The molecule has 2 amide bonds. The minimum absolute atomic E-state index is 0.00227. The fourth-order valence-electron chi connectivity index (χ4n) is 16.2. The molecule has 23 nitrogen and oxygen atoms in total. The van der Waals surface area contributed by atoms with Gasteiger partial charge < -0.3 is 68.4 Å². The van der Waals surface area contributed by atoms with E-state index in [4.69, 9.17) is 34.0 Å². The maximum atomic E-state index is 12.9. The van der Waals surface area contributed by atoms with Crippen molar-refractivity contribution < 1.29 is 72.0 Å². The molecule has 117 heavy (non-hydrogen) atoms. The number of carbonyl (C=O) groups excluding carboxylic acids is 7. The van der Waals surface area contributed by atoms with E-state index < -0.39 is 6.79 Å². The van der Waals surface area contributed by atoms with E-state index in [1.807, 2.05) is 55.6 Å². The number of hydrogen-bond donors (Lipinski definition) is 2. The Morgan fingerprint density at radius 3 is 0.974 bits per heavy atom. The van der Waals surface area contributed by atoms with E-state index >= 15 is 0 Å². The van der Waals surface area contributed by atoms with Gasteiger partial charge in [0.2, 0.25) is 11.8 Å². The van der Waals surface area contributed by atoms with Crippen LogP contribution in [0.1, 0.15) is 259 Å². The highest BCUT2D eigenvalue weighted by molar-refractivity contribution is 5.84. The van der Waals surface area contributed by atoms with Crippen LogP contribution in [-0.2, 0) is 57.3 Å². The van der Waals surface area contributed by atoms with Gasteiger partial charge in [0.1, 0.15) is 38.0 Å². The van der Waals surface area contributed by atoms with E-state index in [1.165, 1.54) is 30.0 Å². The van der Waals surface area contributed by atoms with Crippen molar-refractivity contribution in [2.45, 2.75) is 307 Å². The summed E-state index contributed by atoms with van der Waals surface area (Å²) >= 11 is 0. The topological polar surface area (TPSA) is 235 Å². The third kappa shape index (κ3) is 42.7. The number of ketones is 5. The number of amides is 2. The minimum Gasteiger partial charge on any atom is -0.394 e. The molecule has 2 N–H and O–H groups in total. The van der Waals surface area contributed by atoms with Crippen LogP contribution in [0.15, 0.2) is 24.3 Å². The second-order valence-electron chi connectivity index (χ2n) is 37.6. The van der Waals surface area contributed by atoms with Crippen molar-refractivity contribution in [3.05, 3.63) is 35.6 Å². The molecule has 1 aromatic carbocycles. The molecule has 7 heterocycles. The van der Waals surface area contributed by atoms with E-state index in [2.05, 4.69) is 131 Å². The van der Waals surface area contributed by atoms with Gasteiger partial charge in [0, 0.05) is 118 Å². The van der Waals surface area contributed by atoms with Crippen molar-refractivity contribution in [3.63, 3.8) is 0 Å². The van der Waals surface area contributed by atoms with Crippen molar-refractivity contribution in [3.8, 4) is 0 Å². The van der Waals surface area contributed by atoms with Gasteiger partial charge in [-0.15, -0.1) is 0 Å². The smallest absolute Gasteiger partial charge is 0.249 e. The van der Waals surface area contributed by atoms with Gasteiger partial charge in [-0.2, -0.15) is 0 Å². The standard InChI is InChI=1S/C18H26FNO.C14H25NO2.C14H27NO2.C13H26N2O3.C12H23NO3.C11H22N2O.C11H21NO2/c1-13(2)20-10-8-16(9-11-20)18(21)12-14(3)15-4-6-17(19)7-5-15;1-11(2)15-7-5-13(6-8-15)14(16)10-17-9-12-3-4-12;1-11(2)15-8-6-12(7-9-15)13(16)10-17-14(3,4)5;1-10(2)14-7-5-12(6-8-14)13(17)15(11(3)4)18-9-16;1-10(2)13-5-3-11(4-6-13)12(15)9-16-8-7-14;1-9(2)13-7-5-10(6-8-13)11(14)12(3)4;1-9(2)12-6-4-10(5-7-12)11(13)8-14-3/h4-7,13-14,16H,8-12H2,1-3H3;11-13H,3-10H2,1-2H3;11-12H,6-10H2,1-5H3;10-12,16H,5-9H2,1-4H3;10-11,14H,3-9H2,1-2H3;9-10H,5-8H2,1-4H3;9-10H,4-8H2,1-3H3. The summed E-state index contributed by atoms with van der Waals surface area (Å²) in [5.41, 5.74) is 0.832. The normalized spacial score (nSPS) is 20.0. The zero-order valence-electron chi connectivity index (χ0n) is 77.9. The number of rotatable bonds is 32. The SMILES string of the molecule is CC(C)N1CCC(C(=O)COC(C)(C)C)CC1.CC(C)N1CCC(C(=O)COCC2CC2)CC1.CC(C)N1CCC(C(=O)COCCO)CC1.CC(C)N1CCC(C(=O)N(C)C)CC1.CC(C)N1CCC(C(=O)N(OCO)C(C)C)CC1.CC(CC(=O)C1CCN(C(C)C)CC1)c1ccc(F)cc1.COCC(=O)C1CCN(C(C)C)CC1. The summed E-state index contributed by atoms with van der Waals surface area (Å²) in [6, 6.07) is 10.6. The van der Waals surface area contributed by atoms with Crippen LogP contribution in [0.4, 0.5) is 4.39 Å². The number of hydroxylamine groups is 2. The molecule has 1 aromatic rings. The number of aliphatic hydroxyl groups excluding tert-OH is 2. The van der Waals surface area contributed by atoms with Crippen LogP contribution < -0.4 is 0 Å². The quantitative estimate of drug-likeness (QED) is 0.0387. The minimum atomic E-state index is -0.450. The summed E-state index contributed by atoms with van der Waals surface area (Å²) < 4.78 is 33.9. The molecule has 1 saturated carbocycles. The first-order valence-corrected chi connectivity index (χ1v) is 45.5. The predicted octanol–water partition coefficient (Wildman–Crippen LogP) is 13.0. The van der Waals surface area contributed by atoms with Gasteiger partial charge in [0.05, 0.1) is 24.9 Å². The van der Waals surface area contributed by atoms with Gasteiger partial charge in [0.15, 0.2) is 29.9 Å². The molecule has 9 rings (SSSR count). The first-order valence-electron chi connectivity index (χ1n) is 45.5. The molecule has 1 atom stereocenters. The van der Waals surface area contributed by atoms with E-state index in [-0.39, 0.29) is 121 Å². The first-order chi connectivity index (χ1) is 55.2. The molecule has 1 unspecified atom stereocenters. The molecule has 7 aliphatic heterocycles. The van der Waals surface area contributed by atoms with Crippen LogP contribution in [0.3, 0.4) is 0 Å². The summed E-state index contributed by atoms with van der Waals surface area (Å²) in [5.74, 6) is 3.81. The number of halogens is 1. The maximum Gasteiger partial charge on any atom is 0.249 e. The van der Waals surface area contributed by atoms with Crippen LogP contribution in [0, 0.1) is 53.2 Å². The Bertz CT molecular complexity index is 2870. The number of carbonyl (C=O) groups is 7. The number of aliphatic hydroxyl groups is 2. The van der Waals surface area contributed by atoms with Crippen molar-refractivity contribution >= 4 is 40.7 Å². The number of hydrogen-bond acceptors (Lipinski definition) is 21.